The van der Waals surface area contributed by atoms with Crippen LogP contribution in [-0.4, -0.2) is 49.3 Å². The Labute approximate surface area is 300 Å². The van der Waals surface area contributed by atoms with Gasteiger partial charge in [-0.1, -0.05) is 147 Å². The summed E-state index contributed by atoms with van der Waals surface area (Å²) in [5.74, 6) is -0.835. The molecule has 49 heavy (non-hydrogen) atoms. The van der Waals surface area contributed by atoms with Crippen molar-refractivity contribution in [3.05, 3.63) is 24.3 Å². The zero-order chi connectivity index (χ0) is 36.1. The summed E-state index contributed by atoms with van der Waals surface area (Å²) in [5.41, 5.74) is 5.33. The Kier molecular flexibility index (Phi) is 35.2. The van der Waals surface area contributed by atoms with E-state index >= 15 is 0 Å². The third kappa shape index (κ3) is 36.1. The molecule has 2 atom stereocenters. The number of hydrogen-bond acceptors (Lipinski definition) is 8. The third-order valence-electron chi connectivity index (χ3n) is 8.34. The van der Waals surface area contributed by atoms with E-state index in [1.807, 2.05) is 0 Å². The van der Waals surface area contributed by atoms with E-state index in [0.717, 1.165) is 51.4 Å². The molecular weight excluding hydrogens is 641 g/mol. The summed E-state index contributed by atoms with van der Waals surface area (Å²) in [7, 11) is -4.37. The Morgan fingerprint density at radius 2 is 1.06 bits per heavy atom. The number of ether oxygens (including phenoxy) is 2. The molecule has 0 saturated carbocycles. The molecule has 288 valence electrons. The van der Waals surface area contributed by atoms with Crippen LogP contribution >= 0.6 is 7.82 Å². The number of allylic oxidation sites excluding steroid dienone is 4. The topological polar surface area (TPSA) is 134 Å². The van der Waals surface area contributed by atoms with Crippen LogP contribution in [0, 0.1) is 0 Å². The highest BCUT2D eigenvalue weighted by Gasteiger charge is 2.25. The number of hydrogen-bond donors (Lipinski definition) is 2. The largest absolute Gasteiger partial charge is 0.472 e. The lowest BCUT2D eigenvalue weighted by atomic mass is 10.1. The molecule has 0 spiro atoms. The Bertz CT molecular complexity index is 866. The van der Waals surface area contributed by atoms with Gasteiger partial charge in [-0.2, -0.15) is 0 Å². The fourth-order valence-electron chi connectivity index (χ4n) is 5.37. The van der Waals surface area contributed by atoms with E-state index in [0.29, 0.717) is 6.42 Å². The number of phosphoric ester groups is 1. The molecule has 0 aromatic rings. The van der Waals surface area contributed by atoms with E-state index in [4.69, 9.17) is 24.3 Å². The molecule has 0 rings (SSSR count). The van der Waals surface area contributed by atoms with Crippen molar-refractivity contribution in [3.63, 3.8) is 0 Å². The molecular formula is C39H74NO8P. The van der Waals surface area contributed by atoms with Crippen LogP contribution in [0.5, 0.6) is 0 Å². The maximum Gasteiger partial charge on any atom is 0.472 e. The standard InChI is InChI=1S/C39H74NO8P/c1-3-5-7-9-11-13-15-16-17-18-19-20-22-24-26-28-30-32-39(42)48-37(36-47-49(43,44)46-34-33-40)35-45-38(41)31-29-27-25-23-21-14-12-10-8-6-4-2/h11,13,16-17,37H,3-10,12,14-15,18-36,40H2,1-2H3,(H,43,44). The molecule has 3 N–H and O–H groups in total. The first kappa shape index (κ1) is 47.5. The van der Waals surface area contributed by atoms with E-state index in [1.165, 1.54) is 96.3 Å². The second-order valence-corrected chi connectivity index (χ2v) is 14.6. The van der Waals surface area contributed by atoms with Crippen LogP contribution in [-0.2, 0) is 32.7 Å². The van der Waals surface area contributed by atoms with Crippen LogP contribution in [0.2, 0.25) is 0 Å². The van der Waals surface area contributed by atoms with Gasteiger partial charge in [0.1, 0.15) is 6.61 Å². The summed E-state index contributed by atoms with van der Waals surface area (Å²) >= 11 is 0. The number of unbranched alkanes of at least 4 members (excludes halogenated alkanes) is 20. The molecule has 10 heteroatoms. The summed E-state index contributed by atoms with van der Waals surface area (Å²) in [6.07, 6.45) is 36.3. The Morgan fingerprint density at radius 1 is 0.612 bits per heavy atom. The molecule has 0 aliphatic heterocycles. The van der Waals surface area contributed by atoms with Gasteiger partial charge >= 0.3 is 19.8 Å². The number of phosphoric acid groups is 1. The lowest BCUT2D eigenvalue weighted by Crippen LogP contribution is -2.29. The molecule has 2 unspecified atom stereocenters. The quantitative estimate of drug-likeness (QED) is 0.0279. The third-order valence-corrected chi connectivity index (χ3v) is 9.32. The summed E-state index contributed by atoms with van der Waals surface area (Å²) in [4.78, 5) is 34.7. The van der Waals surface area contributed by atoms with E-state index in [2.05, 4.69) is 38.2 Å². The van der Waals surface area contributed by atoms with Crippen molar-refractivity contribution in [2.24, 2.45) is 5.73 Å². The van der Waals surface area contributed by atoms with Gasteiger partial charge in [0.15, 0.2) is 6.10 Å². The summed E-state index contributed by atoms with van der Waals surface area (Å²) in [6.45, 7) is 3.69. The van der Waals surface area contributed by atoms with E-state index in [-0.39, 0.29) is 38.6 Å². The van der Waals surface area contributed by atoms with Crippen LogP contribution in [0.25, 0.3) is 0 Å². The number of carbonyl (C=O) groups excluding carboxylic acids is 2. The van der Waals surface area contributed by atoms with Gasteiger partial charge in [-0.25, -0.2) is 4.57 Å². The predicted octanol–water partition coefficient (Wildman–Crippen LogP) is 10.8. The molecule has 0 aliphatic carbocycles. The average Bonchev–Trinajstić information content (AvgIpc) is 3.08. The van der Waals surface area contributed by atoms with Crippen molar-refractivity contribution in [1.82, 2.24) is 0 Å². The zero-order valence-corrected chi connectivity index (χ0v) is 32.3. The van der Waals surface area contributed by atoms with Crippen LogP contribution in [0.4, 0.5) is 0 Å². The van der Waals surface area contributed by atoms with Gasteiger partial charge in [0.25, 0.3) is 0 Å². The SMILES string of the molecule is CCCCCC=CCC=CCCCCCCCCCC(=O)OC(COC(=O)CCCCCCCCCCCCC)COP(=O)(O)OCCN. The van der Waals surface area contributed by atoms with Gasteiger partial charge in [0, 0.05) is 19.4 Å². The van der Waals surface area contributed by atoms with Gasteiger partial charge in [-0.05, 0) is 44.9 Å². The van der Waals surface area contributed by atoms with Crippen molar-refractivity contribution in [1.29, 1.82) is 0 Å². The van der Waals surface area contributed by atoms with Gasteiger partial charge in [-0.3, -0.25) is 18.6 Å². The molecule has 0 saturated heterocycles. The predicted molar refractivity (Wildman–Crippen MR) is 201 cm³/mol. The van der Waals surface area contributed by atoms with Gasteiger partial charge < -0.3 is 20.1 Å². The highest BCUT2D eigenvalue weighted by atomic mass is 31.2. The second-order valence-electron chi connectivity index (χ2n) is 13.2. The monoisotopic (exact) mass is 716 g/mol. The van der Waals surface area contributed by atoms with Crippen LogP contribution in [0.1, 0.15) is 181 Å². The first-order valence-corrected chi connectivity index (χ1v) is 21.3. The van der Waals surface area contributed by atoms with Crippen LogP contribution in [0.15, 0.2) is 24.3 Å². The van der Waals surface area contributed by atoms with E-state index in [9.17, 15) is 19.0 Å². The average molecular weight is 716 g/mol. The first-order valence-electron chi connectivity index (χ1n) is 19.8. The van der Waals surface area contributed by atoms with E-state index in [1.54, 1.807) is 0 Å². The minimum Gasteiger partial charge on any atom is -0.462 e. The van der Waals surface area contributed by atoms with Gasteiger partial charge in [-0.15, -0.1) is 0 Å². The van der Waals surface area contributed by atoms with Crippen molar-refractivity contribution in [3.8, 4) is 0 Å². The molecule has 0 bridgehead atoms. The lowest BCUT2D eigenvalue weighted by Gasteiger charge is -2.19. The molecule has 0 heterocycles. The molecule has 9 nitrogen and oxygen atoms in total. The number of nitrogens with two attached hydrogens (primary N) is 1. The smallest absolute Gasteiger partial charge is 0.462 e. The minimum atomic E-state index is -4.37. The fourth-order valence-corrected chi connectivity index (χ4v) is 6.13. The van der Waals surface area contributed by atoms with Crippen LogP contribution in [0.3, 0.4) is 0 Å². The molecule has 0 radical (unpaired) electrons. The maximum absolute atomic E-state index is 12.5. The molecule has 0 aromatic carbocycles. The zero-order valence-electron chi connectivity index (χ0n) is 31.4. The molecule has 0 aromatic heterocycles. The minimum absolute atomic E-state index is 0.0533. The first-order chi connectivity index (χ1) is 23.8. The number of esters is 2. The van der Waals surface area contributed by atoms with Gasteiger partial charge in [0.2, 0.25) is 0 Å². The van der Waals surface area contributed by atoms with Crippen molar-refractivity contribution in [2.45, 2.75) is 187 Å². The van der Waals surface area contributed by atoms with E-state index < -0.39 is 26.5 Å². The van der Waals surface area contributed by atoms with Crippen LogP contribution < -0.4 is 5.73 Å². The highest BCUT2D eigenvalue weighted by molar-refractivity contribution is 7.47. The summed E-state index contributed by atoms with van der Waals surface area (Å²) in [5, 5.41) is 0. The molecule has 0 aliphatic rings. The molecule has 0 fully saturated rings. The second kappa shape index (κ2) is 36.3. The number of carbonyl (C=O) groups is 2. The molecule has 0 amide bonds. The normalized spacial score (nSPS) is 13.6. The Balaban J connectivity index is 4.19. The van der Waals surface area contributed by atoms with Crippen molar-refractivity contribution in [2.75, 3.05) is 26.4 Å². The maximum atomic E-state index is 12.5. The Hall–Kier alpha value is -1.51. The number of rotatable bonds is 37. The Morgan fingerprint density at radius 3 is 1.59 bits per heavy atom. The lowest BCUT2D eigenvalue weighted by molar-refractivity contribution is -0.161. The fraction of sp³-hybridized carbons (Fsp3) is 0.846. The van der Waals surface area contributed by atoms with Crippen molar-refractivity contribution >= 4 is 19.8 Å². The van der Waals surface area contributed by atoms with Gasteiger partial charge in [0.05, 0.1) is 13.2 Å². The highest BCUT2D eigenvalue weighted by Crippen LogP contribution is 2.43. The summed E-state index contributed by atoms with van der Waals surface area (Å²) < 4.78 is 32.7. The summed E-state index contributed by atoms with van der Waals surface area (Å²) in [6, 6.07) is 0. The van der Waals surface area contributed by atoms with Crippen molar-refractivity contribution < 1.29 is 37.6 Å².